The third-order valence-corrected chi connectivity index (χ3v) is 3.23. The quantitative estimate of drug-likeness (QED) is 0.803. The van der Waals surface area contributed by atoms with Gasteiger partial charge >= 0.3 is 0 Å². The lowest BCUT2D eigenvalue weighted by atomic mass is 9.86. The maximum absolute atomic E-state index is 11.9. The molecule has 1 aliphatic rings. The Morgan fingerprint density at radius 3 is 2.82 bits per heavy atom. The molecule has 0 bridgehead atoms. The zero-order valence-corrected chi connectivity index (χ0v) is 9.80. The minimum Gasteiger partial charge on any atom is -0.350 e. The van der Waals surface area contributed by atoms with Gasteiger partial charge in [0.25, 0.3) is 0 Å². The molecule has 5 nitrogen and oxygen atoms in total. The molecule has 2 rings (SSSR count). The Morgan fingerprint density at radius 1 is 1.41 bits per heavy atom. The van der Waals surface area contributed by atoms with Crippen molar-refractivity contribution in [3.63, 3.8) is 0 Å². The number of hydrogen-bond acceptors (Lipinski definition) is 4. The molecule has 0 spiro atoms. The molecule has 0 radical (unpaired) electrons. The van der Waals surface area contributed by atoms with Crippen molar-refractivity contribution in [1.82, 2.24) is 15.3 Å². The van der Waals surface area contributed by atoms with E-state index < -0.39 is 0 Å². The molecule has 0 aliphatic heterocycles. The number of nitrogens with two attached hydrogens (primary N) is 1. The van der Waals surface area contributed by atoms with Gasteiger partial charge in [0.1, 0.15) is 6.33 Å². The molecule has 1 aliphatic carbocycles. The lowest BCUT2D eigenvalue weighted by Crippen LogP contribution is -2.36. The molecule has 3 N–H and O–H groups in total. The summed E-state index contributed by atoms with van der Waals surface area (Å²) in [4.78, 5) is 19.8. The van der Waals surface area contributed by atoms with Crippen LogP contribution in [0.2, 0.25) is 0 Å². The summed E-state index contributed by atoms with van der Waals surface area (Å²) in [5.41, 5.74) is 6.65. The molecule has 17 heavy (non-hydrogen) atoms. The summed E-state index contributed by atoms with van der Waals surface area (Å²) in [5, 5.41) is 2.91. The molecular formula is C12H18N4O. The first kappa shape index (κ1) is 12.0. The van der Waals surface area contributed by atoms with E-state index in [1.54, 1.807) is 12.3 Å². The van der Waals surface area contributed by atoms with Crippen LogP contribution in [0.4, 0.5) is 0 Å². The predicted octanol–water partition coefficient (Wildman–Crippen LogP) is 0.610. The van der Waals surface area contributed by atoms with Gasteiger partial charge in [0.15, 0.2) is 0 Å². The summed E-state index contributed by atoms with van der Waals surface area (Å²) < 4.78 is 0. The van der Waals surface area contributed by atoms with Gasteiger partial charge < -0.3 is 11.1 Å². The van der Waals surface area contributed by atoms with Crippen molar-refractivity contribution in [2.75, 3.05) is 0 Å². The van der Waals surface area contributed by atoms with Crippen LogP contribution in [0.1, 0.15) is 31.4 Å². The summed E-state index contributed by atoms with van der Waals surface area (Å²) in [6.07, 6.45) is 6.86. The largest absolute Gasteiger partial charge is 0.350 e. The Hall–Kier alpha value is -1.49. The number of hydrogen-bond donors (Lipinski definition) is 2. The van der Waals surface area contributed by atoms with Crippen molar-refractivity contribution in [2.24, 2.45) is 11.7 Å². The average Bonchev–Trinajstić information content (AvgIpc) is 2.38. The Labute approximate surface area is 101 Å². The van der Waals surface area contributed by atoms with Crippen LogP contribution >= 0.6 is 0 Å². The second-order valence-electron chi connectivity index (χ2n) is 4.53. The standard InChI is InChI=1S/C12H18N4O/c13-10-3-1-9(2-4-10)12(17)15-7-11-5-6-14-8-16-11/h5-6,8-10H,1-4,7,13H2,(H,15,17). The van der Waals surface area contributed by atoms with E-state index in [0.29, 0.717) is 6.54 Å². The van der Waals surface area contributed by atoms with Crippen molar-refractivity contribution < 1.29 is 4.79 Å². The van der Waals surface area contributed by atoms with Gasteiger partial charge in [-0.3, -0.25) is 4.79 Å². The molecule has 1 amide bonds. The Morgan fingerprint density at radius 2 is 2.18 bits per heavy atom. The fraction of sp³-hybridized carbons (Fsp3) is 0.583. The number of carbonyl (C=O) groups excluding carboxylic acids is 1. The molecule has 0 aromatic carbocycles. The van der Waals surface area contributed by atoms with Crippen molar-refractivity contribution in [3.05, 3.63) is 24.3 Å². The van der Waals surface area contributed by atoms with Gasteiger partial charge in [-0.15, -0.1) is 0 Å². The zero-order valence-electron chi connectivity index (χ0n) is 9.80. The number of amides is 1. The van der Waals surface area contributed by atoms with Crippen molar-refractivity contribution in [2.45, 2.75) is 38.3 Å². The fourth-order valence-electron chi connectivity index (χ4n) is 2.13. The Balaban J connectivity index is 1.78. The number of aromatic nitrogens is 2. The minimum absolute atomic E-state index is 0.121. The maximum atomic E-state index is 11.9. The van der Waals surface area contributed by atoms with Crippen molar-refractivity contribution >= 4 is 5.91 Å². The van der Waals surface area contributed by atoms with E-state index in [1.165, 1.54) is 6.33 Å². The van der Waals surface area contributed by atoms with E-state index >= 15 is 0 Å². The molecule has 1 saturated carbocycles. The predicted molar refractivity (Wildman–Crippen MR) is 63.8 cm³/mol. The van der Waals surface area contributed by atoms with Gasteiger partial charge in [-0.2, -0.15) is 0 Å². The molecule has 1 heterocycles. The summed E-state index contributed by atoms with van der Waals surface area (Å²) in [6.45, 7) is 0.476. The molecule has 5 heteroatoms. The van der Waals surface area contributed by atoms with Crippen LogP contribution in [-0.4, -0.2) is 21.9 Å². The lowest BCUT2D eigenvalue weighted by molar-refractivity contribution is -0.126. The highest BCUT2D eigenvalue weighted by Crippen LogP contribution is 2.23. The summed E-state index contributed by atoms with van der Waals surface area (Å²) in [7, 11) is 0. The SMILES string of the molecule is NC1CCC(C(=O)NCc2ccncn2)CC1. The van der Waals surface area contributed by atoms with Crippen LogP contribution in [-0.2, 0) is 11.3 Å². The molecule has 1 aromatic rings. The summed E-state index contributed by atoms with van der Waals surface area (Å²) >= 11 is 0. The minimum atomic E-state index is 0.121. The highest BCUT2D eigenvalue weighted by molar-refractivity contribution is 5.78. The van der Waals surface area contributed by atoms with Gasteiger partial charge in [0, 0.05) is 18.2 Å². The van der Waals surface area contributed by atoms with Crippen LogP contribution in [0, 0.1) is 5.92 Å². The molecule has 0 unspecified atom stereocenters. The third kappa shape index (κ3) is 3.49. The van der Waals surface area contributed by atoms with Gasteiger partial charge in [0.2, 0.25) is 5.91 Å². The van der Waals surface area contributed by atoms with Gasteiger partial charge in [-0.1, -0.05) is 0 Å². The van der Waals surface area contributed by atoms with E-state index in [1.807, 2.05) is 0 Å². The maximum Gasteiger partial charge on any atom is 0.223 e. The zero-order chi connectivity index (χ0) is 12.1. The molecule has 0 atom stereocenters. The molecule has 1 fully saturated rings. The molecular weight excluding hydrogens is 216 g/mol. The first-order valence-electron chi connectivity index (χ1n) is 6.04. The Bertz CT molecular complexity index is 360. The smallest absolute Gasteiger partial charge is 0.223 e. The molecule has 92 valence electrons. The van der Waals surface area contributed by atoms with E-state index in [0.717, 1.165) is 31.4 Å². The molecule has 1 aromatic heterocycles. The fourth-order valence-corrected chi connectivity index (χ4v) is 2.13. The van der Waals surface area contributed by atoms with Gasteiger partial charge in [-0.25, -0.2) is 9.97 Å². The van der Waals surface area contributed by atoms with Crippen molar-refractivity contribution in [1.29, 1.82) is 0 Å². The van der Waals surface area contributed by atoms with Crippen LogP contribution in [0.25, 0.3) is 0 Å². The average molecular weight is 234 g/mol. The monoisotopic (exact) mass is 234 g/mol. The number of rotatable bonds is 3. The van der Waals surface area contributed by atoms with Crippen molar-refractivity contribution in [3.8, 4) is 0 Å². The van der Waals surface area contributed by atoms with Gasteiger partial charge in [0.05, 0.1) is 12.2 Å². The van der Waals surface area contributed by atoms with Crippen LogP contribution in [0.3, 0.4) is 0 Å². The number of carbonyl (C=O) groups is 1. The first-order chi connectivity index (χ1) is 8.25. The van der Waals surface area contributed by atoms with Crippen LogP contribution in [0.15, 0.2) is 18.6 Å². The normalized spacial score (nSPS) is 24.3. The van der Waals surface area contributed by atoms with E-state index in [2.05, 4.69) is 15.3 Å². The Kier molecular flexibility index (Phi) is 4.03. The topological polar surface area (TPSA) is 80.9 Å². The van der Waals surface area contributed by atoms with E-state index in [9.17, 15) is 4.79 Å². The second-order valence-corrected chi connectivity index (χ2v) is 4.53. The third-order valence-electron chi connectivity index (χ3n) is 3.23. The first-order valence-corrected chi connectivity index (χ1v) is 6.04. The van der Waals surface area contributed by atoms with Gasteiger partial charge in [-0.05, 0) is 31.7 Å². The highest BCUT2D eigenvalue weighted by Gasteiger charge is 2.24. The van der Waals surface area contributed by atoms with E-state index in [4.69, 9.17) is 5.73 Å². The van der Waals surface area contributed by atoms with Crippen LogP contribution in [0.5, 0.6) is 0 Å². The number of nitrogens with one attached hydrogen (secondary N) is 1. The van der Waals surface area contributed by atoms with E-state index in [-0.39, 0.29) is 17.9 Å². The second kappa shape index (κ2) is 5.72. The highest BCUT2D eigenvalue weighted by atomic mass is 16.1. The number of nitrogens with zero attached hydrogens (tertiary/aromatic N) is 2. The summed E-state index contributed by atoms with van der Waals surface area (Å²) in [5.74, 6) is 0.243. The molecule has 0 saturated heterocycles. The summed E-state index contributed by atoms with van der Waals surface area (Å²) in [6, 6.07) is 2.08. The lowest BCUT2D eigenvalue weighted by Gasteiger charge is -2.25. The van der Waals surface area contributed by atoms with Crippen LogP contribution < -0.4 is 11.1 Å².